The van der Waals surface area contributed by atoms with Crippen LogP contribution in [-0.2, 0) is 11.2 Å². The predicted molar refractivity (Wildman–Crippen MR) is 139 cm³/mol. The molecule has 37 heavy (non-hydrogen) atoms. The first-order chi connectivity index (χ1) is 17.8. The number of hydrogen-bond donors (Lipinski definition) is 1. The van der Waals surface area contributed by atoms with Gasteiger partial charge in [-0.25, -0.2) is 0 Å². The van der Waals surface area contributed by atoms with Gasteiger partial charge in [0.25, 0.3) is 5.91 Å². The molecule has 0 aliphatic heterocycles. The Balaban J connectivity index is 1.83. The van der Waals surface area contributed by atoms with Crippen LogP contribution in [0.1, 0.15) is 22.8 Å². The molecular formula is C27H22Cl2N2O6. The van der Waals surface area contributed by atoms with Crippen LogP contribution in [0.15, 0.2) is 71.3 Å². The lowest BCUT2D eigenvalue weighted by molar-refractivity contribution is -0.136. The molecule has 0 atom stereocenters. The standard InChI is InChI=1S/C27H22Cl2N2O6/c1-3-31(37-22-12-10-19(28)15-20(22)29)27(34)24-25(30-36-26(24)16-7-5-4-6-8-16)17-9-11-21(35-2)18(13-17)14-23(32)33/h4-13,15H,3,14H2,1-2H3,(H,32,33). The van der Waals surface area contributed by atoms with E-state index >= 15 is 0 Å². The molecule has 0 spiro atoms. The summed E-state index contributed by atoms with van der Waals surface area (Å²) in [5.74, 6) is -0.669. The number of aliphatic carboxylic acids is 1. The molecule has 4 rings (SSSR count). The van der Waals surface area contributed by atoms with Gasteiger partial charge in [0.1, 0.15) is 17.0 Å². The molecular weight excluding hydrogens is 519 g/mol. The zero-order valence-corrected chi connectivity index (χ0v) is 21.4. The third-order valence-electron chi connectivity index (χ3n) is 5.45. The van der Waals surface area contributed by atoms with E-state index in [1.807, 2.05) is 18.2 Å². The second kappa shape index (κ2) is 11.4. The van der Waals surface area contributed by atoms with Gasteiger partial charge < -0.3 is 19.2 Å². The Hall–Kier alpha value is -4.01. The number of aromatic nitrogens is 1. The molecule has 0 saturated carbocycles. The predicted octanol–water partition coefficient (Wildman–Crippen LogP) is 6.41. The average Bonchev–Trinajstić information content (AvgIpc) is 3.33. The molecule has 0 saturated heterocycles. The number of carbonyl (C=O) groups is 2. The summed E-state index contributed by atoms with van der Waals surface area (Å²) in [6.07, 6.45) is -0.275. The molecule has 1 amide bonds. The van der Waals surface area contributed by atoms with Crippen LogP contribution in [0.4, 0.5) is 0 Å². The van der Waals surface area contributed by atoms with Gasteiger partial charge in [-0.05, 0) is 43.3 Å². The van der Waals surface area contributed by atoms with E-state index in [-0.39, 0.29) is 40.8 Å². The van der Waals surface area contributed by atoms with E-state index in [9.17, 15) is 14.7 Å². The minimum atomic E-state index is -1.03. The van der Waals surface area contributed by atoms with Crippen LogP contribution >= 0.6 is 23.2 Å². The molecule has 8 nitrogen and oxygen atoms in total. The summed E-state index contributed by atoms with van der Waals surface area (Å²) in [6, 6.07) is 18.6. The maximum Gasteiger partial charge on any atom is 0.307 e. The van der Waals surface area contributed by atoms with Crippen molar-refractivity contribution >= 4 is 35.1 Å². The second-order valence-corrected chi connectivity index (χ2v) is 8.71. The largest absolute Gasteiger partial charge is 0.496 e. The molecule has 190 valence electrons. The molecule has 1 N–H and O–H groups in total. The summed E-state index contributed by atoms with van der Waals surface area (Å²) in [5.41, 5.74) is 1.90. The summed E-state index contributed by atoms with van der Waals surface area (Å²) in [5, 5.41) is 15.3. The summed E-state index contributed by atoms with van der Waals surface area (Å²) < 4.78 is 11.0. The molecule has 4 aromatic rings. The van der Waals surface area contributed by atoms with Crippen LogP contribution in [0.25, 0.3) is 22.6 Å². The lowest BCUT2D eigenvalue weighted by Gasteiger charge is -2.22. The number of hydrogen-bond acceptors (Lipinski definition) is 6. The number of ether oxygens (including phenoxy) is 1. The lowest BCUT2D eigenvalue weighted by atomic mass is 9.99. The molecule has 1 aromatic heterocycles. The van der Waals surface area contributed by atoms with Crippen LogP contribution in [-0.4, -0.2) is 40.9 Å². The van der Waals surface area contributed by atoms with Gasteiger partial charge in [-0.15, -0.1) is 0 Å². The number of amides is 1. The first kappa shape index (κ1) is 26.1. The van der Waals surface area contributed by atoms with E-state index in [0.717, 1.165) is 5.06 Å². The van der Waals surface area contributed by atoms with E-state index in [4.69, 9.17) is 37.3 Å². The summed E-state index contributed by atoms with van der Waals surface area (Å²) in [4.78, 5) is 31.2. The van der Waals surface area contributed by atoms with Crippen molar-refractivity contribution < 1.29 is 28.8 Å². The van der Waals surface area contributed by atoms with Gasteiger partial charge in [-0.3, -0.25) is 9.59 Å². The third-order valence-corrected chi connectivity index (χ3v) is 5.98. The Morgan fingerprint density at radius 3 is 2.38 bits per heavy atom. The number of carboxylic acid groups (broad SMARTS) is 1. The summed E-state index contributed by atoms with van der Waals surface area (Å²) >= 11 is 12.3. The normalized spacial score (nSPS) is 10.7. The quantitative estimate of drug-likeness (QED) is 0.245. The minimum absolute atomic E-state index is 0.143. The van der Waals surface area contributed by atoms with Gasteiger partial charge >= 0.3 is 5.97 Å². The third kappa shape index (κ3) is 5.71. The van der Waals surface area contributed by atoms with Crippen molar-refractivity contribution in [3.05, 3.63) is 87.9 Å². The molecule has 10 heteroatoms. The first-order valence-electron chi connectivity index (χ1n) is 11.2. The van der Waals surface area contributed by atoms with Crippen molar-refractivity contribution in [1.29, 1.82) is 0 Å². The first-order valence-corrected chi connectivity index (χ1v) is 12.0. The highest BCUT2D eigenvalue weighted by atomic mass is 35.5. The maximum atomic E-state index is 13.9. The van der Waals surface area contributed by atoms with Gasteiger partial charge in [0, 0.05) is 21.7 Å². The van der Waals surface area contributed by atoms with Crippen LogP contribution < -0.4 is 9.57 Å². The minimum Gasteiger partial charge on any atom is -0.496 e. The number of nitrogens with zero attached hydrogens (tertiary/aromatic N) is 2. The van der Waals surface area contributed by atoms with Crippen LogP contribution in [0.3, 0.4) is 0 Å². The number of benzene rings is 3. The number of hydroxylamine groups is 2. The molecule has 0 aliphatic carbocycles. The highest BCUT2D eigenvalue weighted by Crippen LogP contribution is 2.36. The summed E-state index contributed by atoms with van der Waals surface area (Å²) in [7, 11) is 1.46. The topological polar surface area (TPSA) is 102 Å². The number of carbonyl (C=O) groups excluding carboxylic acids is 1. The zero-order chi connectivity index (χ0) is 26.5. The van der Waals surface area contributed by atoms with Crippen LogP contribution in [0, 0.1) is 0 Å². The smallest absolute Gasteiger partial charge is 0.307 e. The van der Waals surface area contributed by atoms with E-state index in [2.05, 4.69) is 5.16 Å². The number of rotatable bonds is 9. The SMILES string of the molecule is CCN(Oc1ccc(Cl)cc1Cl)C(=O)c1c(-c2ccc(OC)c(CC(=O)O)c2)noc1-c1ccccc1. The molecule has 1 heterocycles. The molecule has 0 radical (unpaired) electrons. The fraction of sp³-hybridized carbons (Fsp3) is 0.148. The van der Waals surface area contributed by atoms with Gasteiger partial charge in [0.15, 0.2) is 11.5 Å². The van der Waals surface area contributed by atoms with E-state index < -0.39 is 11.9 Å². The van der Waals surface area contributed by atoms with Crippen molar-refractivity contribution in [3.8, 4) is 34.1 Å². The van der Waals surface area contributed by atoms with Crippen molar-refractivity contribution in [3.63, 3.8) is 0 Å². The number of methoxy groups -OCH3 is 1. The Labute approximate surface area is 222 Å². The molecule has 0 bridgehead atoms. The van der Waals surface area contributed by atoms with Crippen LogP contribution in [0.5, 0.6) is 11.5 Å². The second-order valence-electron chi connectivity index (χ2n) is 7.86. The monoisotopic (exact) mass is 540 g/mol. The van der Waals surface area contributed by atoms with Gasteiger partial charge in [0.2, 0.25) is 0 Å². The number of carboxylic acids is 1. The zero-order valence-electron chi connectivity index (χ0n) is 19.9. The van der Waals surface area contributed by atoms with Crippen molar-refractivity contribution in [1.82, 2.24) is 10.2 Å². The number of halogens is 2. The van der Waals surface area contributed by atoms with Gasteiger partial charge in [0.05, 0.1) is 25.1 Å². The Morgan fingerprint density at radius 1 is 1.00 bits per heavy atom. The van der Waals surface area contributed by atoms with Gasteiger partial charge in [-0.2, -0.15) is 5.06 Å². The highest BCUT2D eigenvalue weighted by molar-refractivity contribution is 6.35. The Morgan fingerprint density at radius 2 is 1.73 bits per heavy atom. The van der Waals surface area contributed by atoms with Crippen LogP contribution in [0.2, 0.25) is 10.0 Å². The Bertz CT molecular complexity index is 1440. The maximum absolute atomic E-state index is 13.9. The van der Waals surface area contributed by atoms with Crippen molar-refractivity contribution in [2.24, 2.45) is 0 Å². The summed E-state index contributed by atoms with van der Waals surface area (Å²) in [6.45, 7) is 1.92. The highest BCUT2D eigenvalue weighted by Gasteiger charge is 2.30. The molecule has 0 aliphatic rings. The van der Waals surface area contributed by atoms with E-state index in [0.29, 0.717) is 27.5 Å². The average molecular weight is 541 g/mol. The fourth-order valence-corrected chi connectivity index (χ4v) is 4.18. The van der Waals surface area contributed by atoms with Crippen molar-refractivity contribution in [2.75, 3.05) is 13.7 Å². The van der Waals surface area contributed by atoms with Crippen molar-refractivity contribution in [2.45, 2.75) is 13.3 Å². The van der Waals surface area contributed by atoms with Gasteiger partial charge in [-0.1, -0.05) is 58.7 Å². The lowest BCUT2D eigenvalue weighted by Crippen LogP contribution is -2.34. The molecule has 0 unspecified atom stereocenters. The fourth-order valence-electron chi connectivity index (χ4n) is 3.74. The van der Waals surface area contributed by atoms with E-state index in [1.165, 1.54) is 13.2 Å². The molecule has 3 aromatic carbocycles. The van der Waals surface area contributed by atoms with E-state index in [1.54, 1.807) is 49.4 Å². The molecule has 0 fully saturated rings. The Kier molecular flexibility index (Phi) is 8.01.